The van der Waals surface area contributed by atoms with E-state index < -0.39 is 10.1 Å². The molecule has 0 aliphatic rings. The van der Waals surface area contributed by atoms with Gasteiger partial charge in [-0.25, -0.2) is 0 Å². The smallest absolute Gasteiger partial charge is 0.296 e. The molecule has 0 heterocycles. The van der Waals surface area contributed by atoms with Crippen LogP contribution in [0.5, 0.6) is 0 Å². The monoisotopic (exact) mass is 244 g/mol. The van der Waals surface area contributed by atoms with Gasteiger partial charge in [0.25, 0.3) is 10.1 Å². The molecule has 0 saturated carbocycles. The molecule has 0 aliphatic heterocycles. The van der Waals surface area contributed by atoms with Crippen molar-refractivity contribution in [3.8, 4) is 0 Å². The van der Waals surface area contributed by atoms with Gasteiger partial charge in [-0.1, -0.05) is 18.2 Å². The first-order valence-electron chi connectivity index (χ1n) is 5.03. The Morgan fingerprint density at radius 3 is 2.44 bits per heavy atom. The van der Waals surface area contributed by atoms with Crippen LogP contribution in [0.1, 0.15) is 13.3 Å². The summed E-state index contributed by atoms with van der Waals surface area (Å²) in [5.74, 6) is 0. The molecule has 1 unspecified atom stereocenters. The Bertz CT molecular complexity index is 399. The molecule has 0 amide bonds. The molecule has 1 rings (SSSR count). The molecular weight excluding hydrogens is 228 g/mol. The highest BCUT2D eigenvalue weighted by atomic mass is 32.2. The second-order valence-corrected chi connectivity index (χ2v) is 5.04. The van der Waals surface area contributed by atoms with E-state index in [-0.39, 0.29) is 17.6 Å². The predicted molar refractivity (Wildman–Crippen MR) is 60.7 cm³/mol. The van der Waals surface area contributed by atoms with Gasteiger partial charge in [0.1, 0.15) is 0 Å². The SMILES string of the molecule is COC(C)CCOS(=O)(=O)c1ccccc1. The quantitative estimate of drug-likeness (QED) is 0.716. The van der Waals surface area contributed by atoms with Gasteiger partial charge in [0, 0.05) is 7.11 Å². The minimum atomic E-state index is -3.62. The normalized spacial score (nSPS) is 13.6. The maximum Gasteiger partial charge on any atom is 0.296 e. The van der Waals surface area contributed by atoms with Crippen molar-refractivity contribution < 1.29 is 17.3 Å². The summed E-state index contributed by atoms with van der Waals surface area (Å²) in [6.07, 6.45) is 0.536. The fourth-order valence-electron chi connectivity index (χ4n) is 1.10. The topological polar surface area (TPSA) is 52.6 Å². The third-order valence-corrected chi connectivity index (χ3v) is 3.52. The molecule has 5 heteroatoms. The van der Waals surface area contributed by atoms with Crippen LogP contribution in [0.15, 0.2) is 35.2 Å². The Morgan fingerprint density at radius 1 is 1.25 bits per heavy atom. The fraction of sp³-hybridized carbons (Fsp3) is 0.455. The summed E-state index contributed by atoms with van der Waals surface area (Å²) in [6.45, 7) is 1.99. The first-order chi connectivity index (χ1) is 7.56. The molecule has 0 aliphatic carbocycles. The molecule has 0 fully saturated rings. The standard InChI is InChI=1S/C11H16O4S/c1-10(14-2)8-9-15-16(12,13)11-6-4-3-5-7-11/h3-7,10H,8-9H2,1-2H3. The summed E-state index contributed by atoms with van der Waals surface area (Å²) in [7, 11) is -2.04. The number of methoxy groups -OCH3 is 1. The molecule has 0 bridgehead atoms. The van der Waals surface area contributed by atoms with Crippen LogP contribution in [0.4, 0.5) is 0 Å². The number of hydrogen-bond acceptors (Lipinski definition) is 4. The van der Waals surface area contributed by atoms with Crippen LogP contribution in [-0.4, -0.2) is 28.2 Å². The zero-order chi connectivity index (χ0) is 12.0. The third-order valence-electron chi connectivity index (χ3n) is 2.20. The number of ether oxygens (including phenoxy) is 1. The molecule has 0 saturated heterocycles. The maximum atomic E-state index is 11.6. The van der Waals surface area contributed by atoms with Crippen LogP contribution in [0.25, 0.3) is 0 Å². The van der Waals surface area contributed by atoms with E-state index >= 15 is 0 Å². The van der Waals surface area contributed by atoms with Crippen LogP contribution in [0, 0.1) is 0 Å². The van der Waals surface area contributed by atoms with E-state index in [0.717, 1.165) is 0 Å². The number of rotatable bonds is 6. The Morgan fingerprint density at radius 2 is 1.88 bits per heavy atom. The summed E-state index contributed by atoms with van der Waals surface area (Å²) in [4.78, 5) is 0.181. The Balaban J connectivity index is 2.54. The van der Waals surface area contributed by atoms with Crippen molar-refractivity contribution in [2.45, 2.75) is 24.3 Å². The van der Waals surface area contributed by atoms with Crippen LogP contribution < -0.4 is 0 Å². The average Bonchev–Trinajstić information content (AvgIpc) is 2.30. The van der Waals surface area contributed by atoms with Crippen molar-refractivity contribution >= 4 is 10.1 Å². The van der Waals surface area contributed by atoms with Crippen molar-refractivity contribution in [1.82, 2.24) is 0 Å². The first-order valence-corrected chi connectivity index (χ1v) is 6.44. The van der Waals surface area contributed by atoms with Gasteiger partial charge in [0.05, 0.1) is 17.6 Å². The molecule has 0 radical (unpaired) electrons. The van der Waals surface area contributed by atoms with E-state index in [4.69, 9.17) is 8.92 Å². The fourth-order valence-corrected chi connectivity index (χ4v) is 2.04. The van der Waals surface area contributed by atoms with Crippen LogP contribution >= 0.6 is 0 Å². The first kappa shape index (κ1) is 13.2. The van der Waals surface area contributed by atoms with Gasteiger partial charge < -0.3 is 4.74 Å². The van der Waals surface area contributed by atoms with Gasteiger partial charge in [-0.15, -0.1) is 0 Å². The lowest BCUT2D eigenvalue weighted by atomic mass is 10.3. The van der Waals surface area contributed by atoms with Gasteiger partial charge in [-0.2, -0.15) is 8.42 Å². The zero-order valence-corrected chi connectivity index (χ0v) is 10.2. The molecule has 1 aromatic carbocycles. The van der Waals surface area contributed by atoms with Crippen molar-refractivity contribution in [2.75, 3.05) is 13.7 Å². The maximum absolute atomic E-state index is 11.6. The van der Waals surface area contributed by atoms with Crippen molar-refractivity contribution in [2.24, 2.45) is 0 Å². The molecule has 0 N–H and O–H groups in total. The van der Waals surface area contributed by atoms with Crippen molar-refractivity contribution in [3.63, 3.8) is 0 Å². The molecular formula is C11H16O4S. The number of benzene rings is 1. The highest BCUT2D eigenvalue weighted by Gasteiger charge is 2.14. The molecule has 1 atom stereocenters. The lowest BCUT2D eigenvalue weighted by molar-refractivity contribution is 0.0966. The van der Waals surface area contributed by atoms with Gasteiger partial charge in [-0.05, 0) is 25.5 Å². The Kier molecular flexibility index (Phi) is 4.92. The Hall–Kier alpha value is -0.910. The van der Waals surface area contributed by atoms with E-state index in [1.165, 1.54) is 12.1 Å². The second-order valence-electron chi connectivity index (χ2n) is 3.42. The summed E-state index contributed by atoms with van der Waals surface area (Å²) < 4.78 is 33.2. The summed E-state index contributed by atoms with van der Waals surface area (Å²) >= 11 is 0. The number of hydrogen-bond donors (Lipinski definition) is 0. The third kappa shape index (κ3) is 3.92. The highest BCUT2D eigenvalue weighted by Crippen LogP contribution is 2.11. The summed E-state index contributed by atoms with van der Waals surface area (Å²) in [6, 6.07) is 8.10. The van der Waals surface area contributed by atoms with Gasteiger partial charge >= 0.3 is 0 Å². The van der Waals surface area contributed by atoms with E-state index in [1.807, 2.05) is 6.92 Å². The van der Waals surface area contributed by atoms with Crippen LogP contribution in [0.3, 0.4) is 0 Å². The van der Waals surface area contributed by atoms with E-state index in [1.54, 1.807) is 25.3 Å². The predicted octanol–water partition coefficient (Wildman–Crippen LogP) is 1.82. The van der Waals surface area contributed by atoms with Crippen molar-refractivity contribution in [1.29, 1.82) is 0 Å². The van der Waals surface area contributed by atoms with Gasteiger partial charge in [0.15, 0.2) is 0 Å². The van der Waals surface area contributed by atoms with Crippen LogP contribution in [0.2, 0.25) is 0 Å². The van der Waals surface area contributed by atoms with E-state index in [0.29, 0.717) is 6.42 Å². The molecule has 16 heavy (non-hydrogen) atoms. The van der Waals surface area contributed by atoms with Gasteiger partial charge in [0.2, 0.25) is 0 Å². The lowest BCUT2D eigenvalue weighted by Crippen LogP contribution is -2.13. The molecule has 1 aromatic rings. The summed E-state index contributed by atoms with van der Waals surface area (Å²) in [5, 5.41) is 0. The minimum absolute atomic E-state index is 0.00836. The average molecular weight is 244 g/mol. The second kappa shape index (κ2) is 5.98. The largest absolute Gasteiger partial charge is 0.382 e. The minimum Gasteiger partial charge on any atom is -0.382 e. The lowest BCUT2D eigenvalue weighted by Gasteiger charge is -2.09. The van der Waals surface area contributed by atoms with E-state index in [2.05, 4.69) is 0 Å². The van der Waals surface area contributed by atoms with Gasteiger partial charge in [-0.3, -0.25) is 4.18 Å². The molecule has 0 spiro atoms. The molecule has 90 valence electrons. The van der Waals surface area contributed by atoms with E-state index in [9.17, 15) is 8.42 Å². The molecule has 4 nitrogen and oxygen atoms in total. The van der Waals surface area contributed by atoms with Crippen molar-refractivity contribution in [3.05, 3.63) is 30.3 Å². The highest BCUT2D eigenvalue weighted by molar-refractivity contribution is 7.86. The molecule has 0 aromatic heterocycles. The summed E-state index contributed by atoms with van der Waals surface area (Å²) in [5.41, 5.74) is 0. The van der Waals surface area contributed by atoms with Crippen LogP contribution in [-0.2, 0) is 19.0 Å². The Labute approximate surface area is 96.3 Å². The zero-order valence-electron chi connectivity index (χ0n) is 9.42.